The van der Waals surface area contributed by atoms with Gasteiger partial charge in [0, 0.05) is 12.6 Å². The Labute approximate surface area is 102 Å². The van der Waals surface area contributed by atoms with Gasteiger partial charge in [-0.1, -0.05) is 18.5 Å². The molecular weight excluding hydrogens is 218 g/mol. The van der Waals surface area contributed by atoms with Crippen molar-refractivity contribution in [1.29, 1.82) is 0 Å². The first-order chi connectivity index (χ1) is 8.35. The van der Waals surface area contributed by atoms with Crippen LogP contribution in [-0.2, 0) is 11.3 Å². The van der Waals surface area contributed by atoms with Crippen molar-refractivity contribution in [2.75, 3.05) is 13.7 Å². The maximum absolute atomic E-state index is 5.40. The van der Waals surface area contributed by atoms with Gasteiger partial charge in [-0.25, -0.2) is 0 Å². The van der Waals surface area contributed by atoms with Crippen molar-refractivity contribution in [1.82, 2.24) is 15.5 Å². The lowest BCUT2D eigenvalue weighted by molar-refractivity contribution is 0.114. The second-order valence-electron chi connectivity index (χ2n) is 4.53. The van der Waals surface area contributed by atoms with Crippen LogP contribution in [0.25, 0.3) is 0 Å². The molecular formula is C12H21N3O2. The van der Waals surface area contributed by atoms with Crippen LogP contribution in [-0.4, -0.2) is 29.8 Å². The zero-order valence-corrected chi connectivity index (χ0v) is 10.6. The van der Waals surface area contributed by atoms with E-state index in [-0.39, 0.29) is 0 Å². The summed E-state index contributed by atoms with van der Waals surface area (Å²) in [4.78, 5) is 4.42. The molecule has 5 heteroatoms. The van der Waals surface area contributed by atoms with Gasteiger partial charge in [0.25, 0.3) is 0 Å². The topological polar surface area (TPSA) is 60.2 Å². The summed E-state index contributed by atoms with van der Waals surface area (Å²) in [6.45, 7) is 3.28. The first kappa shape index (κ1) is 12.5. The van der Waals surface area contributed by atoms with Crippen molar-refractivity contribution in [3.63, 3.8) is 0 Å². The van der Waals surface area contributed by atoms with Gasteiger partial charge < -0.3 is 14.6 Å². The molecule has 0 spiro atoms. The van der Waals surface area contributed by atoms with E-state index in [1.165, 1.54) is 12.8 Å². The zero-order chi connectivity index (χ0) is 12.1. The number of aromatic nitrogens is 2. The van der Waals surface area contributed by atoms with E-state index in [2.05, 4.69) is 22.4 Å². The van der Waals surface area contributed by atoms with Crippen molar-refractivity contribution in [3.8, 4) is 0 Å². The van der Waals surface area contributed by atoms with Gasteiger partial charge in [0.1, 0.15) is 6.61 Å². The molecule has 0 amide bonds. The highest BCUT2D eigenvalue weighted by Gasteiger charge is 2.31. The van der Waals surface area contributed by atoms with Crippen LogP contribution < -0.4 is 5.32 Å². The molecule has 2 rings (SSSR count). The lowest BCUT2D eigenvalue weighted by Crippen LogP contribution is -2.27. The average molecular weight is 239 g/mol. The minimum Gasteiger partial charge on any atom is -0.373 e. The van der Waals surface area contributed by atoms with E-state index >= 15 is 0 Å². The normalized spacial score (nSPS) is 24.4. The second kappa shape index (κ2) is 6.12. The van der Waals surface area contributed by atoms with Crippen molar-refractivity contribution < 1.29 is 9.26 Å². The van der Waals surface area contributed by atoms with Crippen LogP contribution >= 0.6 is 0 Å². The lowest BCUT2D eigenvalue weighted by Gasteiger charge is -2.14. The molecule has 1 aliphatic carbocycles. The monoisotopic (exact) mass is 239 g/mol. The molecule has 2 atom stereocenters. The summed E-state index contributed by atoms with van der Waals surface area (Å²) < 4.78 is 10.7. The van der Waals surface area contributed by atoms with Crippen molar-refractivity contribution >= 4 is 0 Å². The summed E-state index contributed by atoms with van der Waals surface area (Å²) in [7, 11) is 1.99. The molecule has 1 fully saturated rings. The lowest BCUT2D eigenvalue weighted by atomic mass is 10.0. The molecule has 1 aromatic heterocycles. The van der Waals surface area contributed by atoms with Crippen molar-refractivity contribution in [2.45, 2.75) is 51.2 Å². The summed E-state index contributed by atoms with van der Waals surface area (Å²) in [5, 5.41) is 7.28. The van der Waals surface area contributed by atoms with Crippen LogP contribution in [0, 0.1) is 0 Å². The number of rotatable bonds is 6. The van der Waals surface area contributed by atoms with Gasteiger partial charge in [-0.3, -0.25) is 0 Å². The molecule has 2 unspecified atom stereocenters. The SMILES string of the molecule is CCCOCc1noc(C2CCCC2NC)n1. The third kappa shape index (κ3) is 3.04. The van der Waals surface area contributed by atoms with E-state index in [9.17, 15) is 0 Å². The molecule has 17 heavy (non-hydrogen) atoms. The second-order valence-corrected chi connectivity index (χ2v) is 4.53. The Morgan fingerprint density at radius 2 is 2.35 bits per heavy atom. The molecule has 0 saturated heterocycles. The molecule has 96 valence electrons. The van der Waals surface area contributed by atoms with Crippen LogP contribution in [0.3, 0.4) is 0 Å². The Morgan fingerprint density at radius 3 is 3.12 bits per heavy atom. The molecule has 5 nitrogen and oxygen atoms in total. The number of nitrogens with zero attached hydrogens (tertiary/aromatic N) is 2. The summed E-state index contributed by atoms with van der Waals surface area (Å²) in [6, 6.07) is 0.472. The van der Waals surface area contributed by atoms with Crippen LogP contribution in [0.5, 0.6) is 0 Å². The molecule has 1 aromatic rings. The first-order valence-electron chi connectivity index (χ1n) is 6.42. The number of hydrogen-bond acceptors (Lipinski definition) is 5. The van der Waals surface area contributed by atoms with E-state index in [1.807, 2.05) is 7.05 Å². The van der Waals surface area contributed by atoms with Crippen LogP contribution in [0.15, 0.2) is 4.52 Å². The van der Waals surface area contributed by atoms with E-state index in [0.717, 1.165) is 25.3 Å². The van der Waals surface area contributed by atoms with Crippen LogP contribution in [0.2, 0.25) is 0 Å². The van der Waals surface area contributed by atoms with E-state index in [1.54, 1.807) is 0 Å². The Kier molecular flexibility index (Phi) is 4.50. The minimum atomic E-state index is 0.368. The highest BCUT2D eigenvalue weighted by atomic mass is 16.5. The van der Waals surface area contributed by atoms with Crippen LogP contribution in [0.4, 0.5) is 0 Å². The van der Waals surface area contributed by atoms with Crippen molar-refractivity contribution in [3.05, 3.63) is 11.7 Å². The fourth-order valence-electron chi connectivity index (χ4n) is 2.39. The Morgan fingerprint density at radius 1 is 1.47 bits per heavy atom. The summed E-state index contributed by atoms with van der Waals surface area (Å²) >= 11 is 0. The predicted octanol–water partition coefficient (Wildman–Crippen LogP) is 1.85. The molecule has 0 radical (unpaired) electrons. The minimum absolute atomic E-state index is 0.368. The molecule has 1 saturated carbocycles. The maximum Gasteiger partial charge on any atom is 0.231 e. The van der Waals surface area contributed by atoms with Gasteiger partial charge in [0.15, 0.2) is 5.82 Å². The maximum atomic E-state index is 5.40. The fraction of sp³-hybridized carbons (Fsp3) is 0.833. The number of ether oxygens (including phenoxy) is 1. The van der Waals surface area contributed by atoms with Gasteiger partial charge in [-0.2, -0.15) is 4.98 Å². The van der Waals surface area contributed by atoms with Gasteiger partial charge in [-0.15, -0.1) is 0 Å². The van der Waals surface area contributed by atoms with Gasteiger partial charge in [0.2, 0.25) is 5.89 Å². The highest BCUT2D eigenvalue weighted by molar-refractivity contribution is 5.02. The third-order valence-corrected chi connectivity index (χ3v) is 3.27. The smallest absolute Gasteiger partial charge is 0.231 e. The van der Waals surface area contributed by atoms with Crippen molar-refractivity contribution in [2.24, 2.45) is 0 Å². The fourth-order valence-corrected chi connectivity index (χ4v) is 2.39. The average Bonchev–Trinajstić information content (AvgIpc) is 2.96. The molecule has 1 heterocycles. The van der Waals surface area contributed by atoms with Gasteiger partial charge in [0.05, 0.1) is 5.92 Å². The quantitative estimate of drug-likeness (QED) is 0.768. The molecule has 0 aromatic carbocycles. The molecule has 0 aliphatic heterocycles. The highest BCUT2D eigenvalue weighted by Crippen LogP contribution is 2.33. The van der Waals surface area contributed by atoms with E-state index < -0.39 is 0 Å². The first-order valence-corrected chi connectivity index (χ1v) is 6.42. The summed E-state index contributed by atoms with van der Waals surface area (Å²) in [5.74, 6) is 1.79. The standard InChI is InChI=1S/C12H21N3O2/c1-3-7-16-8-11-14-12(17-15-11)9-5-4-6-10(9)13-2/h9-10,13H,3-8H2,1-2H3. The summed E-state index contributed by atoms with van der Waals surface area (Å²) in [5.41, 5.74) is 0. The Balaban J connectivity index is 1.93. The largest absolute Gasteiger partial charge is 0.373 e. The summed E-state index contributed by atoms with van der Waals surface area (Å²) in [6.07, 6.45) is 4.55. The number of hydrogen-bond donors (Lipinski definition) is 1. The van der Waals surface area contributed by atoms with Gasteiger partial charge >= 0.3 is 0 Å². The zero-order valence-electron chi connectivity index (χ0n) is 10.6. The van der Waals surface area contributed by atoms with Crippen LogP contribution in [0.1, 0.15) is 50.2 Å². The molecule has 1 aliphatic rings. The van der Waals surface area contributed by atoms with E-state index in [0.29, 0.717) is 24.4 Å². The predicted molar refractivity (Wildman–Crippen MR) is 63.7 cm³/mol. The molecule has 1 N–H and O–H groups in total. The number of nitrogens with one attached hydrogen (secondary N) is 1. The molecule has 0 bridgehead atoms. The Bertz CT molecular complexity index is 340. The van der Waals surface area contributed by atoms with E-state index in [4.69, 9.17) is 9.26 Å². The van der Waals surface area contributed by atoms with Gasteiger partial charge in [-0.05, 0) is 26.3 Å². The number of likely N-dealkylation sites (N-methyl/N-ethyl adjacent to an activating group) is 1. The Hall–Kier alpha value is -0.940. The third-order valence-electron chi connectivity index (χ3n) is 3.27.